The summed E-state index contributed by atoms with van der Waals surface area (Å²) < 4.78 is 0. The van der Waals surface area contributed by atoms with Gasteiger partial charge in [-0.15, -0.1) is 0 Å². The van der Waals surface area contributed by atoms with Crippen LogP contribution in [0.5, 0.6) is 0 Å². The first-order chi connectivity index (χ1) is 5.14. The Kier molecular flexibility index (Phi) is 2.90. The van der Waals surface area contributed by atoms with Crippen LogP contribution in [0.4, 0.5) is 0 Å². The van der Waals surface area contributed by atoms with Crippen molar-refractivity contribution in [2.24, 2.45) is 0 Å². The Labute approximate surface area is 69.2 Å². The van der Waals surface area contributed by atoms with Crippen molar-refractivity contribution in [3.8, 4) is 0 Å². The van der Waals surface area contributed by atoms with Gasteiger partial charge in [-0.3, -0.25) is 0 Å². The van der Waals surface area contributed by atoms with Gasteiger partial charge in [0.25, 0.3) is 0 Å². The molecule has 0 aromatic carbocycles. The Morgan fingerprint density at radius 1 is 1.55 bits per heavy atom. The molecule has 1 atom stereocenters. The standard InChI is InChI=1S/C9H19NO/c1-3-6-10-7-4-5-9(2,11)8-10/h11H,3-8H2,1-2H3. The van der Waals surface area contributed by atoms with Crippen LogP contribution in [0.2, 0.25) is 0 Å². The maximum absolute atomic E-state index is 9.73. The molecule has 1 unspecified atom stereocenters. The van der Waals surface area contributed by atoms with Gasteiger partial charge in [0.05, 0.1) is 5.60 Å². The highest BCUT2D eigenvalue weighted by atomic mass is 16.3. The number of β-amino-alcohol motifs (C(OH)–C–C–N with tert-alkyl or cyclic N) is 1. The maximum atomic E-state index is 9.73. The van der Waals surface area contributed by atoms with Crippen LogP contribution in [-0.4, -0.2) is 35.2 Å². The first kappa shape index (κ1) is 9.01. The third-order valence-corrected chi connectivity index (χ3v) is 2.29. The lowest BCUT2D eigenvalue weighted by Crippen LogP contribution is -2.46. The lowest BCUT2D eigenvalue weighted by molar-refractivity contribution is -0.0153. The van der Waals surface area contributed by atoms with E-state index in [4.69, 9.17) is 0 Å². The molecule has 0 saturated carbocycles. The Bertz CT molecular complexity index is 121. The molecule has 1 fully saturated rings. The summed E-state index contributed by atoms with van der Waals surface area (Å²) in [6.07, 6.45) is 3.30. The highest BCUT2D eigenvalue weighted by Gasteiger charge is 2.27. The fraction of sp³-hybridized carbons (Fsp3) is 1.00. The molecule has 0 spiro atoms. The molecular formula is C9H19NO. The Morgan fingerprint density at radius 3 is 2.82 bits per heavy atom. The normalized spacial score (nSPS) is 34.1. The minimum absolute atomic E-state index is 0.423. The summed E-state index contributed by atoms with van der Waals surface area (Å²) >= 11 is 0. The zero-order valence-electron chi connectivity index (χ0n) is 7.64. The van der Waals surface area contributed by atoms with Gasteiger partial charge in [-0.25, -0.2) is 0 Å². The molecule has 1 rings (SSSR count). The lowest BCUT2D eigenvalue weighted by atomic mass is 9.95. The van der Waals surface area contributed by atoms with E-state index in [1.807, 2.05) is 6.92 Å². The average molecular weight is 157 g/mol. The van der Waals surface area contributed by atoms with Gasteiger partial charge >= 0.3 is 0 Å². The molecule has 0 aliphatic carbocycles. The van der Waals surface area contributed by atoms with Gasteiger partial charge in [0.15, 0.2) is 0 Å². The van der Waals surface area contributed by atoms with E-state index in [0.717, 1.165) is 25.9 Å². The van der Waals surface area contributed by atoms with E-state index >= 15 is 0 Å². The highest BCUT2D eigenvalue weighted by Crippen LogP contribution is 2.19. The Balaban J connectivity index is 2.34. The molecule has 0 aromatic rings. The molecular weight excluding hydrogens is 138 g/mol. The number of likely N-dealkylation sites (tertiary alicyclic amines) is 1. The summed E-state index contributed by atoms with van der Waals surface area (Å²) in [5.41, 5.74) is -0.423. The minimum atomic E-state index is -0.423. The fourth-order valence-electron chi connectivity index (χ4n) is 1.83. The highest BCUT2D eigenvalue weighted by molar-refractivity contribution is 4.82. The monoisotopic (exact) mass is 157 g/mol. The van der Waals surface area contributed by atoms with Gasteiger partial charge in [0.1, 0.15) is 0 Å². The van der Waals surface area contributed by atoms with Gasteiger partial charge in [-0.05, 0) is 39.3 Å². The van der Waals surface area contributed by atoms with Crippen molar-refractivity contribution >= 4 is 0 Å². The second-order valence-corrected chi connectivity index (χ2v) is 3.88. The molecule has 1 saturated heterocycles. The van der Waals surface area contributed by atoms with E-state index in [2.05, 4.69) is 11.8 Å². The van der Waals surface area contributed by atoms with Gasteiger partial charge in [-0.1, -0.05) is 6.92 Å². The second kappa shape index (κ2) is 3.55. The van der Waals surface area contributed by atoms with Gasteiger partial charge in [-0.2, -0.15) is 0 Å². The quantitative estimate of drug-likeness (QED) is 0.652. The summed E-state index contributed by atoms with van der Waals surface area (Å²) in [7, 11) is 0. The SMILES string of the molecule is CCCN1CCCC(C)(O)C1. The maximum Gasteiger partial charge on any atom is 0.0746 e. The van der Waals surface area contributed by atoms with E-state index in [-0.39, 0.29) is 0 Å². The number of aliphatic hydroxyl groups is 1. The number of piperidine rings is 1. The van der Waals surface area contributed by atoms with Crippen LogP contribution in [0.1, 0.15) is 33.1 Å². The molecule has 1 N–H and O–H groups in total. The van der Waals surface area contributed by atoms with Crippen molar-refractivity contribution in [3.05, 3.63) is 0 Å². The molecule has 1 aliphatic rings. The topological polar surface area (TPSA) is 23.5 Å². The van der Waals surface area contributed by atoms with Gasteiger partial charge < -0.3 is 10.0 Å². The van der Waals surface area contributed by atoms with E-state index in [9.17, 15) is 5.11 Å². The van der Waals surface area contributed by atoms with Crippen molar-refractivity contribution in [1.29, 1.82) is 0 Å². The molecule has 2 heteroatoms. The van der Waals surface area contributed by atoms with E-state index in [0.29, 0.717) is 0 Å². The number of rotatable bonds is 2. The van der Waals surface area contributed by atoms with E-state index in [1.54, 1.807) is 0 Å². The first-order valence-electron chi connectivity index (χ1n) is 4.59. The zero-order chi connectivity index (χ0) is 8.32. The predicted molar refractivity (Wildman–Crippen MR) is 46.6 cm³/mol. The summed E-state index contributed by atoms with van der Waals surface area (Å²) in [6, 6.07) is 0. The molecule has 0 amide bonds. The van der Waals surface area contributed by atoms with Crippen LogP contribution in [0, 0.1) is 0 Å². The second-order valence-electron chi connectivity index (χ2n) is 3.88. The van der Waals surface area contributed by atoms with Crippen LogP contribution in [0.3, 0.4) is 0 Å². The molecule has 1 heterocycles. The average Bonchev–Trinajstić information content (AvgIpc) is 1.85. The van der Waals surface area contributed by atoms with Crippen molar-refractivity contribution in [2.45, 2.75) is 38.7 Å². The fourth-order valence-corrected chi connectivity index (χ4v) is 1.83. The predicted octanol–water partition coefficient (Wildman–Crippen LogP) is 1.24. The molecule has 0 bridgehead atoms. The van der Waals surface area contributed by atoms with Crippen LogP contribution in [0.15, 0.2) is 0 Å². The third kappa shape index (κ3) is 2.80. The summed E-state index contributed by atoms with van der Waals surface area (Å²) in [5, 5.41) is 9.73. The van der Waals surface area contributed by atoms with Crippen LogP contribution in [-0.2, 0) is 0 Å². The number of hydrogen-bond acceptors (Lipinski definition) is 2. The minimum Gasteiger partial charge on any atom is -0.389 e. The smallest absolute Gasteiger partial charge is 0.0746 e. The van der Waals surface area contributed by atoms with Gasteiger partial charge in [0, 0.05) is 6.54 Å². The van der Waals surface area contributed by atoms with Crippen molar-refractivity contribution in [3.63, 3.8) is 0 Å². The molecule has 0 radical (unpaired) electrons. The van der Waals surface area contributed by atoms with E-state index in [1.165, 1.54) is 13.0 Å². The molecule has 11 heavy (non-hydrogen) atoms. The summed E-state index contributed by atoms with van der Waals surface area (Å²) in [5.74, 6) is 0. The number of hydrogen-bond donors (Lipinski definition) is 1. The zero-order valence-corrected chi connectivity index (χ0v) is 7.64. The van der Waals surface area contributed by atoms with Crippen molar-refractivity contribution in [1.82, 2.24) is 4.90 Å². The van der Waals surface area contributed by atoms with Crippen LogP contribution < -0.4 is 0 Å². The summed E-state index contributed by atoms with van der Waals surface area (Å²) in [4.78, 5) is 2.35. The Hall–Kier alpha value is -0.0800. The van der Waals surface area contributed by atoms with Crippen molar-refractivity contribution in [2.75, 3.05) is 19.6 Å². The molecule has 66 valence electrons. The summed E-state index contributed by atoms with van der Waals surface area (Å²) in [6.45, 7) is 7.29. The molecule has 0 aromatic heterocycles. The van der Waals surface area contributed by atoms with Crippen LogP contribution in [0.25, 0.3) is 0 Å². The van der Waals surface area contributed by atoms with Crippen LogP contribution >= 0.6 is 0 Å². The van der Waals surface area contributed by atoms with Gasteiger partial charge in [0.2, 0.25) is 0 Å². The molecule has 2 nitrogen and oxygen atoms in total. The van der Waals surface area contributed by atoms with E-state index < -0.39 is 5.60 Å². The van der Waals surface area contributed by atoms with Crippen molar-refractivity contribution < 1.29 is 5.11 Å². The third-order valence-electron chi connectivity index (χ3n) is 2.29. The molecule has 1 aliphatic heterocycles. The first-order valence-corrected chi connectivity index (χ1v) is 4.59. The largest absolute Gasteiger partial charge is 0.389 e. The number of nitrogens with zero attached hydrogens (tertiary/aromatic N) is 1. The Morgan fingerprint density at radius 2 is 2.27 bits per heavy atom. The lowest BCUT2D eigenvalue weighted by Gasteiger charge is -2.36.